The zero-order chi connectivity index (χ0) is 23.8. The van der Waals surface area contributed by atoms with Gasteiger partial charge in [0.15, 0.2) is 0 Å². The maximum absolute atomic E-state index is 12.2. The molecule has 0 saturated heterocycles. The molecule has 1 aliphatic rings. The fourth-order valence-electron chi connectivity index (χ4n) is 4.28. The lowest BCUT2D eigenvalue weighted by Gasteiger charge is -2.17. The quantitative estimate of drug-likeness (QED) is 0.471. The van der Waals surface area contributed by atoms with Gasteiger partial charge >= 0.3 is 12.1 Å². The van der Waals surface area contributed by atoms with Crippen LogP contribution >= 0.6 is 0 Å². The first-order valence-electron chi connectivity index (χ1n) is 11.5. The summed E-state index contributed by atoms with van der Waals surface area (Å²) in [6, 6.07) is 16.0. The highest BCUT2D eigenvalue weighted by atomic mass is 16.5. The second-order valence-electron chi connectivity index (χ2n) is 8.62. The van der Waals surface area contributed by atoms with Crippen molar-refractivity contribution in [1.29, 1.82) is 0 Å². The maximum Gasteiger partial charge on any atom is 0.407 e. The molecule has 7 nitrogen and oxygen atoms in total. The molecule has 2 aromatic carbocycles. The van der Waals surface area contributed by atoms with Gasteiger partial charge in [0.1, 0.15) is 6.61 Å². The van der Waals surface area contributed by atoms with Crippen LogP contribution in [0.2, 0.25) is 0 Å². The Hall–Kier alpha value is -3.35. The molecule has 0 aromatic heterocycles. The van der Waals surface area contributed by atoms with Crippen LogP contribution in [0.3, 0.4) is 0 Å². The maximum atomic E-state index is 12.2. The van der Waals surface area contributed by atoms with Crippen molar-refractivity contribution in [1.82, 2.24) is 10.6 Å². The number of hydrogen-bond acceptors (Lipinski definition) is 4. The Morgan fingerprint density at radius 3 is 2.18 bits per heavy atom. The number of amides is 2. The molecule has 2 amide bonds. The van der Waals surface area contributed by atoms with Crippen LogP contribution in [-0.2, 0) is 14.3 Å². The number of carbonyl (C=O) groups is 3. The molecule has 0 radical (unpaired) electrons. The number of rotatable bonds is 11. The van der Waals surface area contributed by atoms with Gasteiger partial charge in [0, 0.05) is 24.9 Å². The Balaban J connectivity index is 1.41. The lowest BCUT2D eigenvalue weighted by Crippen LogP contribution is -2.37. The normalized spacial score (nSPS) is 14.0. The Morgan fingerprint density at radius 2 is 1.61 bits per heavy atom. The first-order chi connectivity index (χ1) is 15.9. The van der Waals surface area contributed by atoms with Gasteiger partial charge in [-0.3, -0.25) is 9.59 Å². The average Bonchev–Trinajstić information content (AvgIpc) is 3.10. The van der Waals surface area contributed by atoms with E-state index in [1.54, 1.807) is 0 Å². The topological polar surface area (TPSA) is 105 Å². The molecule has 0 spiro atoms. The lowest BCUT2D eigenvalue weighted by molar-refractivity contribution is -0.137. The molecule has 1 aliphatic carbocycles. The molecule has 176 valence electrons. The summed E-state index contributed by atoms with van der Waals surface area (Å²) in [5.74, 6) is -1.04. The Bertz CT molecular complexity index is 945. The van der Waals surface area contributed by atoms with Crippen LogP contribution in [0, 0.1) is 5.92 Å². The first-order valence-corrected chi connectivity index (χ1v) is 11.5. The minimum atomic E-state index is -0.928. The Labute approximate surface area is 194 Å². The van der Waals surface area contributed by atoms with Crippen LogP contribution in [-0.4, -0.2) is 42.3 Å². The van der Waals surface area contributed by atoms with E-state index < -0.39 is 12.1 Å². The van der Waals surface area contributed by atoms with Crippen molar-refractivity contribution in [2.75, 3.05) is 13.2 Å². The molecule has 7 heteroatoms. The largest absolute Gasteiger partial charge is 0.481 e. The fraction of sp³-hybridized carbons (Fsp3) is 0.423. The molecule has 0 bridgehead atoms. The van der Waals surface area contributed by atoms with Gasteiger partial charge < -0.3 is 20.5 Å². The van der Waals surface area contributed by atoms with E-state index in [2.05, 4.69) is 34.9 Å². The second-order valence-corrected chi connectivity index (χ2v) is 8.62. The second kappa shape index (κ2) is 11.5. The summed E-state index contributed by atoms with van der Waals surface area (Å²) >= 11 is 0. The summed E-state index contributed by atoms with van der Waals surface area (Å²) in [6.07, 6.45) is 0.909. The summed E-state index contributed by atoms with van der Waals surface area (Å²) in [5.41, 5.74) is 4.70. The molecule has 2 atom stereocenters. The van der Waals surface area contributed by atoms with Crippen LogP contribution in [0.5, 0.6) is 0 Å². The van der Waals surface area contributed by atoms with E-state index in [0.717, 1.165) is 0 Å². The number of benzene rings is 2. The Morgan fingerprint density at radius 1 is 1.00 bits per heavy atom. The van der Waals surface area contributed by atoms with E-state index in [0.29, 0.717) is 19.4 Å². The van der Waals surface area contributed by atoms with Gasteiger partial charge in [0.25, 0.3) is 0 Å². The lowest BCUT2D eigenvalue weighted by atomic mass is 9.98. The SMILES string of the molecule is CC[C@H](CC(=O)O)NC(=O)CC(C)CCNC(=O)OCC1c2ccccc2-c2ccccc21. The van der Waals surface area contributed by atoms with Crippen molar-refractivity contribution in [2.45, 2.75) is 51.5 Å². The van der Waals surface area contributed by atoms with Gasteiger partial charge in [-0.15, -0.1) is 0 Å². The predicted octanol–water partition coefficient (Wildman–Crippen LogP) is 4.31. The van der Waals surface area contributed by atoms with Crippen LogP contribution in [0.1, 0.15) is 56.6 Å². The monoisotopic (exact) mass is 452 g/mol. The molecule has 2 aromatic rings. The highest BCUT2D eigenvalue weighted by Gasteiger charge is 2.29. The van der Waals surface area contributed by atoms with Gasteiger partial charge in [-0.1, -0.05) is 62.4 Å². The van der Waals surface area contributed by atoms with Gasteiger partial charge in [0.2, 0.25) is 5.91 Å². The molecule has 0 aliphatic heterocycles. The number of carboxylic acid groups (broad SMARTS) is 1. The van der Waals surface area contributed by atoms with Crippen molar-refractivity contribution in [3.63, 3.8) is 0 Å². The first kappa shape index (κ1) is 24.3. The number of hydrogen-bond donors (Lipinski definition) is 3. The number of carboxylic acids is 1. The highest BCUT2D eigenvalue weighted by molar-refractivity contribution is 5.79. The summed E-state index contributed by atoms with van der Waals surface area (Å²) in [4.78, 5) is 35.2. The third-order valence-electron chi connectivity index (χ3n) is 6.06. The number of carbonyl (C=O) groups excluding carboxylic acids is 2. The van der Waals surface area contributed by atoms with Gasteiger partial charge in [-0.25, -0.2) is 4.79 Å². The zero-order valence-corrected chi connectivity index (χ0v) is 19.2. The van der Waals surface area contributed by atoms with E-state index >= 15 is 0 Å². The van der Waals surface area contributed by atoms with E-state index in [-0.39, 0.29) is 43.2 Å². The van der Waals surface area contributed by atoms with Crippen LogP contribution < -0.4 is 10.6 Å². The predicted molar refractivity (Wildman–Crippen MR) is 126 cm³/mol. The van der Waals surface area contributed by atoms with Crippen LogP contribution in [0.25, 0.3) is 11.1 Å². The van der Waals surface area contributed by atoms with Gasteiger partial charge in [0.05, 0.1) is 6.42 Å². The number of nitrogens with one attached hydrogen (secondary N) is 2. The summed E-state index contributed by atoms with van der Waals surface area (Å²) in [5, 5.41) is 14.4. The summed E-state index contributed by atoms with van der Waals surface area (Å²) < 4.78 is 5.52. The molecular weight excluding hydrogens is 420 g/mol. The van der Waals surface area contributed by atoms with Crippen molar-refractivity contribution < 1.29 is 24.2 Å². The minimum Gasteiger partial charge on any atom is -0.481 e. The molecular formula is C26H32N2O5. The molecule has 0 fully saturated rings. The van der Waals surface area contributed by atoms with Gasteiger partial charge in [-0.05, 0) is 41.0 Å². The van der Waals surface area contributed by atoms with Crippen molar-refractivity contribution in [3.05, 3.63) is 59.7 Å². The van der Waals surface area contributed by atoms with Gasteiger partial charge in [-0.2, -0.15) is 0 Å². The van der Waals surface area contributed by atoms with E-state index in [1.165, 1.54) is 22.3 Å². The number of fused-ring (bicyclic) bond motifs is 3. The third kappa shape index (κ3) is 6.57. The zero-order valence-electron chi connectivity index (χ0n) is 19.2. The summed E-state index contributed by atoms with van der Waals surface area (Å²) in [7, 11) is 0. The average molecular weight is 453 g/mol. The fourth-order valence-corrected chi connectivity index (χ4v) is 4.28. The minimum absolute atomic E-state index is 0.0167. The molecule has 33 heavy (non-hydrogen) atoms. The van der Waals surface area contributed by atoms with E-state index in [9.17, 15) is 14.4 Å². The Kier molecular flexibility index (Phi) is 8.46. The van der Waals surface area contributed by atoms with Crippen molar-refractivity contribution in [3.8, 4) is 11.1 Å². The third-order valence-corrected chi connectivity index (χ3v) is 6.06. The number of alkyl carbamates (subject to hydrolysis) is 1. The van der Waals surface area contributed by atoms with Crippen LogP contribution in [0.4, 0.5) is 4.79 Å². The molecule has 3 rings (SSSR count). The molecule has 0 heterocycles. The van der Waals surface area contributed by atoms with Crippen molar-refractivity contribution in [2.24, 2.45) is 5.92 Å². The van der Waals surface area contributed by atoms with E-state index in [1.807, 2.05) is 38.1 Å². The molecule has 3 N–H and O–H groups in total. The smallest absolute Gasteiger partial charge is 0.407 e. The standard InChI is InChI=1S/C26H32N2O5/c1-3-18(15-25(30)31)28-24(29)14-17(2)12-13-27-26(32)33-16-23-21-10-6-4-8-19(21)20-9-5-7-11-22(20)23/h4-11,17-18,23H,3,12-16H2,1-2H3,(H,27,32)(H,28,29)(H,30,31)/t17?,18-/m1/s1. The highest BCUT2D eigenvalue weighted by Crippen LogP contribution is 2.44. The van der Waals surface area contributed by atoms with Crippen molar-refractivity contribution >= 4 is 18.0 Å². The van der Waals surface area contributed by atoms with Crippen LogP contribution in [0.15, 0.2) is 48.5 Å². The number of ether oxygens (including phenoxy) is 1. The molecule has 0 saturated carbocycles. The number of aliphatic carboxylic acids is 1. The molecule has 1 unspecified atom stereocenters. The van der Waals surface area contributed by atoms with E-state index in [4.69, 9.17) is 9.84 Å². The summed E-state index contributed by atoms with van der Waals surface area (Å²) in [6.45, 7) is 4.43.